The fourth-order valence-electron chi connectivity index (χ4n) is 2.38. The van der Waals surface area contributed by atoms with E-state index in [0.29, 0.717) is 11.8 Å². The van der Waals surface area contributed by atoms with Crippen LogP contribution >= 0.6 is 23.4 Å². The summed E-state index contributed by atoms with van der Waals surface area (Å²) in [6, 6.07) is 4.80. The van der Waals surface area contributed by atoms with Crippen LogP contribution in [0.2, 0.25) is 5.02 Å². The number of nitrogens with zero attached hydrogens (tertiary/aromatic N) is 1. The van der Waals surface area contributed by atoms with Crippen LogP contribution in [0.4, 0.5) is 4.39 Å². The van der Waals surface area contributed by atoms with Gasteiger partial charge in [0.05, 0.1) is 11.6 Å². The number of aliphatic imine (C=N–C) groups is 1. The van der Waals surface area contributed by atoms with E-state index in [4.69, 9.17) is 11.6 Å². The summed E-state index contributed by atoms with van der Waals surface area (Å²) < 4.78 is 13.1. The van der Waals surface area contributed by atoms with Crippen LogP contribution in [-0.2, 0) is 6.54 Å². The minimum atomic E-state index is -0.378. The Morgan fingerprint density at radius 3 is 2.85 bits per heavy atom. The highest BCUT2D eigenvalue weighted by Gasteiger charge is 2.25. The topological polar surface area (TPSA) is 24.4 Å². The molecule has 1 heterocycles. The number of hydrogen-bond donors (Lipinski definition) is 1. The smallest absolute Gasteiger partial charge is 0.157 e. The molecule has 2 rings (SSSR count). The van der Waals surface area contributed by atoms with Crippen molar-refractivity contribution in [3.63, 3.8) is 0 Å². The van der Waals surface area contributed by atoms with Crippen molar-refractivity contribution in [2.45, 2.75) is 38.5 Å². The molecule has 0 aliphatic carbocycles. The Morgan fingerprint density at radius 1 is 1.45 bits per heavy atom. The standard InChI is InChI=1S/C15H20ClFN2S/c1-3-11(4-2)14-9-19-15(20-14)18-8-10-5-6-13(17)12(16)7-10/h5-7,11,14H,3-4,8-9H2,1-2H3,(H,18,19). The number of hydrogen-bond acceptors (Lipinski definition) is 3. The molecule has 1 aromatic carbocycles. The first-order chi connectivity index (χ1) is 9.63. The average Bonchev–Trinajstić information content (AvgIpc) is 2.90. The fourth-order valence-corrected chi connectivity index (χ4v) is 3.90. The van der Waals surface area contributed by atoms with Crippen LogP contribution in [0, 0.1) is 11.7 Å². The zero-order chi connectivity index (χ0) is 14.5. The second kappa shape index (κ2) is 7.32. The van der Waals surface area contributed by atoms with Gasteiger partial charge in [0, 0.05) is 11.8 Å². The van der Waals surface area contributed by atoms with Crippen LogP contribution in [0.5, 0.6) is 0 Å². The lowest BCUT2D eigenvalue weighted by Crippen LogP contribution is -2.21. The Kier molecular flexibility index (Phi) is 5.73. The van der Waals surface area contributed by atoms with Crippen molar-refractivity contribution >= 4 is 28.5 Å². The van der Waals surface area contributed by atoms with Crippen molar-refractivity contribution in [1.29, 1.82) is 0 Å². The molecule has 0 amide bonds. The van der Waals surface area contributed by atoms with Crippen LogP contribution in [0.25, 0.3) is 0 Å². The van der Waals surface area contributed by atoms with Crippen molar-refractivity contribution in [3.8, 4) is 0 Å². The van der Waals surface area contributed by atoms with E-state index in [1.54, 1.807) is 12.1 Å². The fraction of sp³-hybridized carbons (Fsp3) is 0.533. The van der Waals surface area contributed by atoms with E-state index in [2.05, 4.69) is 24.2 Å². The largest absolute Gasteiger partial charge is 0.361 e. The summed E-state index contributed by atoms with van der Waals surface area (Å²) in [5.74, 6) is 0.347. The second-order valence-corrected chi connectivity index (χ2v) is 6.62. The molecule has 0 fully saturated rings. The van der Waals surface area contributed by atoms with Gasteiger partial charge in [-0.05, 0) is 23.6 Å². The molecule has 2 nitrogen and oxygen atoms in total. The van der Waals surface area contributed by atoms with Gasteiger partial charge in [-0.2, -0.15) is 0 Å². The van der Waals surface area contributed by atoms with Crippen LogP contribution in [0.3, 0.4) is 0 Å². The minimum Gasteiger partial charge on any atom is -0.361 e. The first-order valence-electron chi connectivity index (χ1n) is 7.03. The maximum Gasteiger partial charge on any atom is 0.157 e. The number of benzene rings is 1. The zero-order valence-corrected chi connectivity index (χ0v) is 13.4. The van der Waals surface area contributed by atoms with E-state index >= 15 is 0 Å². The van der Waals surface area contributed by atoms with Gasteiger partial charge in [-0.3, -0.25) is 4.99 Å². The number of amidine groups is 1. The molecule has 110 valence electrons. The maximum absolute atomic E-state index is 13.1. The first-order valence-corrected chi connectivity index (χ1v) is 8.28. The summed E-state index contributed by atoms with van der Waals surface area (Å²) in [5.41, 5.74) is 0.964. The predicted octanol–water partition coefficient (Wildman–Crippen LogP) is 4.48. The van der Waals surface area contributed by atoms with Gasteiger partial charge in [0.2, 0.25) is 0 Å². The lowest BCUT2D eigenvalue weighted by Gasteiger charge is -2.18. The summed E-state index contributed by atoms with van der Waals surface area (Å²) >= 11 is 7.60. The van der Waals surface area contributed by atoms with Gasteiger partial charge < -0.3 is 5.32 Å². The van der Waals surface area contributed by atoms with Crippen molar-refractivity contribution in [1.82, 2.24) is 5.32 Å². The molecule has 0 spiro atoms. The monoisotopic (exact) mass is 314 g/mol. The van der Waals surface area contributed by atoms with Gasteiger partial charge in [-0.15, -0.1) is 0 Å². The molecule has 1 aliphatic heterocycles. The Morgan fingerprint density at radius 2 is 2.20 bits per heavy atom. The lowest BCUT2D eigenvalue weighted by atomic mass is 9.99. The molecule has 1 unspecified atom stereocenters. The molecule has 5 heteroatoms. The van der Waals surface area contributed by atoms with Crippen LogP contribution in [0.1, 0.15) is 32.3 Å². The highest BCUT2D eigenvalue weighted by molar-refractivity contribution is 8.14. The summed E-state index contributed by atoms with van der Waals surface area (Å²) in [5, 5.41) is 5.05. The molecule has 1 aliphatic rings. The van der Waals surface area contributed by atoms with Crippen LogP contribution in [0.15, 0.2) is 23.2 Å². The highest BCUT2D eigenvalue weighted by atomic mass is 35.5. The molecule has 0 bridgehead atoms. The molecule has 0 saturated heterocycles. The van der Waals surface area contributed by atoms with Crippen molar-refractivity contribution < 1.29 is 4.39 Å². The molecule has 0 saturated carbocycles. The van der Waals surface area contributed by atoms with Crippen molar-refractivity contribution in [2.24, 2.45) is 10.9 Å². The van der Waals surface area contributed by atoms with E-state index in [-0.39, 0.29) is 10.8 Å². The normalized spacial score (nSPS) is 18.4. The Labute approximate surface area is 129 Å². The van der Waals surface area contributed by atoms with Gasteiger partial charge in [-0.1, -0.05) is 56.1 Å². The lowest BCUT2D eigenvalue weighted by molar-refractivity contribution is 0.479. The van der Waals surface area contributed by atoms with Crippen LogP contribution < -0.4 is 5.32 Å². The summed E-state index contributed by atoms with van der Waals surface area (Å²) in [7, 11) is 0. The first kappa shape index (κ1) is 15.6. The number of halogens is 2. The van der Waals surface area contributed by atoms with E-state index in [0.717, 1.165) is 23.2 Å². The van der Waals surface area contributed by atoms with Gasteiger partial charge in [-0.25, -0.2) is 4.39 Å². The second-order valence-electron chi connectivity index (χ2n) is 4.98. The number of rotatable bonds is 5. The van der Waals surface area contributed by atoms with Gasteiger partial charge >= 0.3 is 0 Å². The average molecular weight is 315 g/mol. The van der Waals surface area contributed by atoms with Gasteiger partial charge in [0.25, 0.3) is 0 Å². The third-order valence-corrected chi connectivity index (χ3v) is 5.30. The molecule has 1 atom stereocenters. The predicted molar refractivity (Wildman–Crippen MR) is 86.0 cm³/mol. The number of thioether (sulfide) groups is 1. The Bertz CT molecular complexity index is 489. The highest BCUT2D eigenvalue weighted by Crippen LogP contribution is 2.30. The van der Waals surface area contributed by atoms with Gasteiger partial charge in [0.1, 0.15) is 5.82 Å². The maximum atomic E-state index is 13.1. The Hall–Kier alpha value is -0.740. The third kappa shape index (κ3) is 3.89. The summed E-state index contributed by atoms with van der Waals surface area (Å²) in [6.07, 6.45) is 2.40. The zero-order valence-electron chi connectivity index (χ0n) is 11.8. The molecule has 20 heavy (non-hydrogen) atoms. The van der Waals surface area contributed by atoms with Crippen molar-refractivity contribution in [2.75, 3.05) is 6.54 Å². The summed E-state index contributed by atoms with van der Waals surface area (Å²) in [6.45, 7) is 5.99. The molecule has 1 N–H and O–H groups in total. The Balaban J connectivity index is 1.85. The van der Waals surface area contributed by atoms with Crippen molar-refractivity contribution in [3.05, 3.63) is 34.6 Å². The summed E-state index contributed by atoms with van der Waals surface area (Å²) in [4.78, 5) is 4.55. The van der Waals surface area contributed by atoms with E-state index in [1.165, 1.54) is 18.9 Å². The van der Waals surface area contributed by atoms with Gasteiger partial charge in [0.15, 0.2) is 5.17 Å². The molecule has 0 radical (unpaired) electrons. The van der Waals surface area contributed by atoms with E-state index in [1.807, 2.05) is 11.8 Å². The molecule has 0 aromatic heterocycles. The van der Waals surface area contributed by atoms with E-state index < -0.39 is 0 Å². The molecular weight excluding hydrogens is 295 g/mol. The van der Waals surface area contributed by atoms with Crippen LogP contribution in [-0.4, -0.2) is 17.0 Å². The SMILES string of the molecule is CCC(CC)C1CN=C(NCc2ccc(F)c(Cl)c2)S1. The quantitative estimate of drug-likeness (QED) is 0.866. The third-order valence-electron chi connectivity index (χ3n) is 3.68. The number of nitrogens with one attached hydrogen (secondary N) is 1. The molecular formula is C15H20ClFN2S. The minimum absolute atomic E-state index is 0.167. The van der Waals surface area contributed by atoms with E-state index in [9.17, 15) is 4.39 Å². The molecule has 1 aromatic rings.